The summed E-state index contributed by atoms with van der Waals surface area (Å²) in [6, 6.07) is 8.27. The number of aromatic nitrogens is 3. The van der Waals surface area contributed by atoms with Crippen molar-refractivity contribution in [2.45, 2.75) is 10.6 Å². The van der Waals surface area contributed by atoms with Crippen LogP contribution in [0.25, 0.3) is 21.8 Å². The number of rotatable bonds is 7. The van der Waals surface area contributed by atoms with Gasteiger partial charge in [0, 0.05) is 43.5 Å². The van der Waals surface area contributed by atoms with Crippen molar-refractivity contribution in [2.24, 2.45) is 0 Å². The van der Waals surface area contributed by atoms with Gasteiger partial charge in [0.2, 0.25) is 16.0 Å². The molecule has 4 aromatic rings. The molecule has 16 heteroatoms. The van der Waals surface area contributed by atoms with Crippen molar-refractivity contribution in [1.82, 2.24) is 19.3 Å². The first-order chi connectivity index (χ1) is 19.3. The molecule has 1 saturated heterocycles. The molecule has 0 atom stereocenters. The van der Waals surface area contributed by atoms with Gasteiger partial charge in [-0.2, -0.15) is 4.31 Å². The molecule has 2 N–H and O–H groups in total. The van der Waals surface area contributed by atoms with Crippen LogP contribution in [0.5, 0.6) is 0 Å². The van der Waals surface area contributed by atoms with Crippen LogP contribution in [0.15, 0.2) is 53.6 Å². The van der Waals surface area contributed by atoms with Crippen LogP contribution in [0.3, 0.4) is 0 Å². The number of sulfonamides is 1. The average Bonchev–Trinajstić information content (AvgIpc) is 3.34. The Hall–Kier alpha value is -3.60. The minimum absolute atomic E-state index is 0.0302. The fourth-order valence-corrected chi connectivity index (χ4v) is 7.88. The Morgan fingerprint density at radius 2 is 1.59 bits per heavy atom. The molecule has 0 bridgehead atoms. The maximum atomic E-state index is 16.0. The topological polar surface area (TPSA) is 139 Å². The number of sulfone groups is 1. The first-order valence-electron chi connectivity index (χ1n) is 12.1. The molecule has 0 aliphatic carbocycles. The summed E-state index contributed by atoms with van der Waals surface area (Å²) in [5.74, 6) is -4.51. The van der Waals surface area contributed by atoms with Gasteiger partial charge in [-0.1, -0.05) is 29.5 Å². The van der Waals surface area contributed by atoms with E-state index in [-0.39, 0.29) is 35.9 Å². The van der Waals surface area contributed by atoms with E-state index in [2.05, 4.69) is 15.0 Å². The Morgan fingerprint density at radius 1 is 0.927 bits per heavy atom. The lowest BCUT2D eigenvalue weighted by Gasteiger charge is -2.32. The molecule has 1 aliphatic rings. The number of benzene rings is 2. The fraction of sp³-hybridized carbons (Fsp3) is 0.240. The summed E-state index contributed by atoms with van der Waals surface area (Å²) in [6.45, 7) is 1.14. The molecule has 0 radical (unpaired) electrons. The molecule has 2 aromatic heterocycles. The number of nitrogens with zero attached hydrogens (tertiary/aromatic N) is 5. The fourth-order valence-electron chi connectivity index (χ4n) is 4.44. The average molecular weight is 625 g/mol. The molecule has 41 heavy (non-hydrogen) atoms. The molecule has 216 valence electrons. The normalized spacial score (nSPS) is 14.9. The van der Waals surface area contributed by atoms with E-state index in [1.165, 1.54) is 40.0 Å². The number of hydrogen-bond donors (Lipinski definition) is 1. The second-order valence-corrected chi connectivity index (χ2v) is 14.1. The van der Waals surface area contributed by atoms with Gasteiger partial charge in [-0.3, -0.25) is 0 Å². The highest BCUT2D eigenvalue weighted by Gasteiger charge is 2.30. The predicted octanol–water partition coefficient (Wildman–Crippen LogP) is 3.32. The van der Waals surface area contributed by atoms with Crippen molar-refractivity contribution in [2.75, 3.05) is 43.1 Å². The largest absolute Gasteiger partial charge is 0.368 e. The number of nitrogens with two attached hydrogens (primary N) is 1. The maximum absolute atomic E-state index is 16.0. The molecule has 1 fully saturated rings. The van der Waals surface area contributed by atoms with E-state index in [4.69, 9.17) is 5.73 Å². The number of piperazine rings is 1. The van der Waals surface area contributed by atoms with Crippen LogP contribution in [-0.4, -0.2) is 68.5 Å². The summed E-state index contributed by atoms with van der Waals surface area (Å²) in [5, 5.41) is 0.464. The van der Waals surface area contributed by atoms with E-state index in [1.807, 2.05) is 4.90 Å². The Labute approximate surface area is 238 Å². The number of hydrogen-bond acceptors (Lipinski definition) is 10. The minimum Gasteiger partial charge on any atom is -0.368 e. The van der Waals surface area contributed by atoms with Crippen molar-refractivity contribution in [3.63, 3.8) is 0 Å². The zero-order chi connectivity index (χ0) is 29.5. The van der Waals surface area contributed by atoms with Crippen LogP contribution in [0.4, 0.5) is 24.3 Å². The number of nitrogen functional groups attached to an aromatic ring is 1. The van der Waals surface area contributed by atoms with Crippen LogP contribution < -0.4 is 10.6 Å². The molecule has 1 aliphatic heterocycles. The smallest absolute Gasteiger partial charge is 0.220 e. The molecule has 10 nitrogen and oxygen atoms in total. The number of halogens is 3. The van der Waals surface area contributed by atoms with Crippen molar-refractivity contribution < 1.29 is 30.0 Å². The van der Waals surface area contributed by atoms with Crippen LogP contribution in [-0.2, 0) is 25.6 Å². The standard InChI is InChI=1S/C25H23F3N6O4S3/c1-40(35,36)34-12-10-33(11-13-34)25-32-21(22(39-25)19-8-9-30-24(29)31-19)16-5-2-4-15(20(16)28)14-41(37,38)23-17(26)6-3-7-18(23)27/h2-9H,10-14H2,1H3,(H2,29,30,31). The first kappa shape index (κ1) is 28.9. The van der Waals surface area contributed by atoms with Gasteiger partial charge in [-0.25, -0.2) is 45.0 Å². The number of anilines is 2. The van der Waals surface area contributed by atoms with E-state index in [0.29, 0.717) is 28.8 Å². The highest BCUT2D eigenvalue weighted by molar-refractivity contribution is 7.90. The van der Waals surface area contributed by atoms with Gasteiger partial charge in [0.05, 0.1) is 28.3 Å². The third-order valence-corrected chi connectivity index (χ3v) is 10.6. The van der Waals surface area contributed by atoms with E-state index in [1.54, 1.807) is 6.07 Å². The second kappa shape index (κ2) is 11.0. The van der Waals surface area contributed by atoms with Gasteiger partial charge in [-0.05, 0) is 24.3 Å². The summed E-state index contributed by atoms with van der Waals surface area (Å²) in [6.07, 6.45) is 2.56. The van der Waals surface area contributed by atoms with Crippen LogP contribution in [0.1, 0.15) is 5.56 Å². The Balaban J connectivity index is 1.56. The minimum atomic E-state index is -4.60. The van der Waals surface area contributed by atoms with Crippen molar-refractivity contribution in [1.29, 1.82) is 0 Å². The van der Waals surface area contributed by atoms with E-state index in [9.17, 15) is 25.6 Å². The number of thiazole rings is 1. The van der Waals surface area contributed by atoms with Crippen molar-refractivity contribution in [3.8, 4) is 21.8 Å². The highest BCUT2D eigenvalue weighted by Crippen LogP contribution is 2.41. The van der Waals surface area contributed by atoms with Gasteiger partial charge in [0.1, 0.15) is 22.3 Å². The van der Waals surface area contributed by atoms with Gasteiger partial charge in [-0.15, -0.1) is 0 Å². The molecule has 0 unspecified atom stereocenters. The lowest BCUT2D eigenvalue weighted by molar-refractivity contribution is 0.388. The monoisotopic (exact) mass is 624 g/mol. The summed E-state index contributed by atoms with van der Waals surface area (Å²) in [7, 11) is -7.96. The maximum Gasteiger partial charge on any atom is 0.220 e. The van der Waals surface area contributed by atoms with Gasteiger partial charge >= 0.3 is 0 Å². The molecule has 5 rings (SSSR count). The zero-order valence-corrected chi connectivity index (χ0v) is 23.9. The Bertz CT molecular complexity index is 1820. The summed E-state index contributed by atoms with van der Waals surface area (Å²) in [5.41, 5.74) is 5.90. The Morgan fingerprint density at radius 3 is 2.22 bits per heavy atom. The molecule has 2 aromatic carbocycles. The second-order valence-electron chi connectivity index (χ2n) is 9.21. The Kier molecular flexibility index (Phi) is 7.76. The van der Waals surface area contributed by atoms with E-state index in [0.717, 1.165) is 24.5 Å². The summed E-state index contributed by atoms with van der Waals surface area (Å²) >= 11 is 1.18. The van der Waals surface area contributed by atoms with Crippen molar-refractivity contribution >= 4 is 42.3 Å². The molecule has 3 heterocycles. The molecular formula is C25H23F3N6O4S3. The molecular weight excluding hydrogens is 602 g/mol. The first-order valence-corrected chi connectivity index (χ1v) is 16.4. The van der Waals surface area contributed by atoms with Gasteiger partial charge < -0.3 is 10.6 Å². The lowest BCUT2D eigenvalue weighted by atomic mass is 10.1. The van der Waals surface area contributed by atoms with Gasteiger partial charge in [0.25, 0.3) is 0 Å². The SMILES string of the molecule is CS(=O)(=O)N1CCN(c2nc(-c3cccc(CS(=O)(=O)c4c(F)cccc4F)c3F)c(-c3ccnc(N)n3)s2)CC1. The van der Waals surface area contributed by atoms with Crippen LogP contribution >= 0.6 is 11.3 Å². The quantitative estimate of drug-likeness (QED) is 0.328. The highest BCUT2D eigenvalue weighted by atomic mass is 32.2. The summed E-state index contributed by atoms with van der Waals surface area (Å²) in [4.78, 5) is 13.9. The van der Waals surface area contributed by atoms with Crippen molar-refractivity contribution in [3.05, 3.63) is 71.7 Å². The third-order valence-electron chi connectivity index (χ3n) is 6.41. The molecule has 0 spiro atoms. The van der Waals surface area contributed by atoms with Crippen LogP contribution in [0.2, 0.25) is 0 Å². The molecule has 0 saturated carbocycles. The predicted molar refractivity (Wildman–Crippen MR) is 149 cm³/mol. The van der Waals surface area contributed by atoms with Gasteiger partial charge in [0.15, 0.2) is 15.0 Å². The zero-order valence-electron chi connectivity index (χ0n) is 21.5. The molecule has 0 amide bonds. The van der Waals surface area contributed by atoms with Crippen LogP contribution in [0, 0.1) is 17.5 Å². The lowest BCUT2D eigenvalue weighted by Crippen LogP contribution is -2.48. The summed E-state index contributed by atoms with van der Waals surface area (Å²) < 4.78 is 95.6. The van der Waals surface area contributed by atoms with E-state index < -0.39 is 48.0 Å². The van der Waals surface area contributed by atoms with E-state index >= 15 is 4.39 Å². The third kappa shape index (κ3) is 5.91.